The van der Waals surface area contributed by atoms with Crippen LogP contribution in [0.3, 0.4) is 0 Å². The number of nitrogens with one attached hydrogen (secondary N) is 2. The van der Waals surface area contributed by atoms with Crippen molar-refractivity contribution in [1.29, 1.82) is 0 Å². The predicted molar refractivity (Wildman–Crippen MR) is 112 cm³/mol. The lowest BCUT2D eigenvalue weighted by Crippen LogP contribution is -2.47. The van der Waals surface area contributed by atoms with Crippen LogP contribution < -0.4 is 10.6 Å². The summed E-state index contributed by atoms with van der Waals surface area (Å²) in [5, 5.41) is 17.1. The molecule has 1 saturated carbocycles. The maximum Gasteiger partial charge on any atom is 0.341 e. The number of non-ortho nitro benzene ring substituents is 1. The topological polar surface area (TPSA) is 120 Å². The summed E-state index contributed by atoms with van der Waals surface area (Å²) in [5.74, 6) is -0.300. The number of nitrogens with zero attached hydrogens (tertiary/aromatic N) is 1. The van der Waals surface area contributed by atoms with Crippen LogP contribution in [-0.4, -0.2) is 49.2 Å². The van der Waals surface area contributed by atoms with Crippen LogP contribution in [0, 0.1) is 22.0 Å². The second-order valence-corrected chi connectivity index (χ2v) is 7.84. The molecular weight excluding hydrogens is 390 g/mol. The molecule has 9 heteroatoms. The summed E-state index contributed by atoms with van der Waals surface area (Å²) in [6.45, 7) is 6.59. The molecule has 166 valence electrons. The van der Waals surface area contributed by atoms with Crippen LogP contribution in [0.5, 0.6) is 0 Å². The van der Waals surface area contributed by atoms with Gasteiger partial charge >= 0.3 is 5.97 Å². The van der Waals surface area contributed by atoms with Gasteiger partial charge in [-0.15, -0.1) is 0 Å². The van der Waals surface area contributed by atoms with E-state index in [1.54, 1.807) is 7.11 Å². The lowest BCUT2D eigenvalue weighted by molar-refractivity contribution is -0.384. The van der Waals surface area contributed by atoms with Gasteiger partial charge in [0.1, 0.15) is 0 Å². The fourth-order valence-electron chi connectivity index (χ4n) is 3.62. The summed E-state index contributed by atoms with van der Waals surface area (Å²) in [5.41, 5.74) is 0.144. The van der Waals surface area contributed by atoms with Gasteiger partial charge in [-0.25, -0.2) is 4.79 Å². The Balaban J connectivity index is 2.08. The monoisotopic (exact) mass is 421 g/mol. The molecule has 1 aliphatic rings. The average Bonchev–Trinajstić information content (AvgIpc) is 2.71. The van der Waals surface area contributed by atoms with Gasteiger partial charge in [0.25, 0.3) is 11.6 Å². The first-order valence-corrected chi connectivity index (χ1v) is 10.3. The van der Waals surface area contributed by atoms with E-state index in [0.29, 0.717) is 30.7 Å². The summed E-state index contributed by atoms with van der Waals surface area (Å²) in [4.78, 5) is 35.8. The van der Waals surface area contributed by atoms with E-state index in [4.69, 9.17) is 9.47 Å². The number of methoxy groups -OCH3 is 1. The lowest BCUT2D eigenvalue weighted by Gasteiger charge is -2.35. The van der Waals surface area contributed by atoms with Crippen LogP contribution in [0.1, 0.15) is 50.4 Å². The molecule has 1 amide bonds. The Morgan fingerprint density at radius 2 is 2.03 bits per heavy atom. The van der Waals surface area contributed by atoms with E-state index in [1.807, 2.05) is 0 Å². The number of benzene rings is 1. The number of nitro benzene ring substituents is 1. The van der Waals surface area contributed by atoms with Crippen LogP contribution in [0.15, 0.2) is 18.2 Å². The molecule has 0 aromatic heterocycles. The molecule has 0 saturated heterocycles. The molecule has 30 heavy (non-hydrogen) atoms. The van der Waals surface area contributed by atoms with Crippen LogP contribution in [0.4, 0.5) is 11.4 Å². The maximum absolute atomic E-state index is 12.7. The van der Waals surface area contributed by atoms with Gasteiger partial charge in [0.2, 0.25) is 0 Å². The Labute approximate surface area is 176 Å². The zero-order valence-corrected chi connectivity index (χ0v) is 18.0. The van der Waals surface area contributed by atoms with Crippen molar-refractivity contribution in [3.8, 4) is 0 Å². The highest BCUT2D eigenvalue weighted by Crippen LogP contribution is 2.29. The van der Waals surface area contributed by atoms with E-state index in [-0.39, 0.29) is 23.2 Å². The number of carbonyl (C=O) groups is 2. The molecule has 1 fully saturated rings. The smallest absolute Gasteiger partial charge is 0.341 e. The zero-order valence-electron chi connectivity index (χ0n) is 18.0. The summed E-state index contributed by atoms with van der Waals surface area (Å²) < 4.78 is 10.3. The minimum absolute atomic E-state index is 0.000361. The van der Waals surface area contributed by atoms with Crippen molar-refractivity contribution < 1.29 is 24.0 Å². The van der Waals surface area contributed by atoms with Crippen molar-refractivity contribution in [1.82, 2.24) is 5.32 Å². The first-order chi connectivity index (χ1) is 14.2. The third-order valence-electron chi connectivity index (χ3n) is 5.74. The Kier molecular flexibility index (Phi) is 8.58. The van der Waals surface area contributed by atoms with Crippen molar-refractivity contribution in [2.24, 2.45) is 11.8 Å². The van der Waals surface area contributed by atoms with Gasteiger partial charge in [0.15, 0.2) is 6.10 Å². The molecule has 0 bridgehead atoms. The van der Waals surface area contributed by atoms with E-state index >= 15 is 0 Å². The van der Waals surface area contributed by atoms with E-state index < -0.39 is 17.0 Å². The van der Waals surface area contributed by atoms with Gasteiger partial charge in [-0.3, -0.25) is 14.9 Å². The lowest BCUT2D eigenvalue weighted by atomic mass is 9.78. The number of nitro groups is 1. The second-order valence-electron chi connectivity index (χ2n) is 7.84. The Morgan fingerprint density at radius 3 is 2.70 bits per heavy atom. The second kappa shape index (κ2) is 10.9. The van der Waals surface area contributed by atoms with Gasteiger partial charge in [-0.1, -0.05) is 26.7 Å². The Bertz CT molecular complexity index is 769. The van der Waals surface area contributed by atoms with Gasteiger partial charge in [-0.05, 0) is 31.2 Å². The third-order valence-corrected chi connectivity index (χ3v) is 5.74. The highest BCUT2D eigenvalue weighted by molar-refractivity contribution is 5.98. The number of rotatable bonds is 9. The number of hydrogen-bond acceptors (Lipinski definition) is 7. The maximum atomic E-state index is 12.7. The molecule has 0 heterocycles. The molecule has 2 rings (SSSR count). The van der Waals surface area contributed by atoms with Gasteiger partial charge in [0, 0.05) is 37.5 Å². The van der Waals surface area contributed by atoms with Crippen molar-refractivity contribution in [2.75, 3.05) is 25.6 Å². The van der Waals surface area contributed by atoms with Gasteiger partial charge < -0.3 is 20.1 Å². The molecule has 0 aliphatic heterocycles. The first kappa shape index (κ1) is 23.6. The summed E-state index contributed by atoms with van der Waals surface area (Å²) >= 11 is 0. The molecular formula is C21H31N3O6. The normalized spacial score (nSPS) is 22.1. The van der Waals surface area contributed by atoms with Crippen molar-refractivity contribution in [3.63, 3.8) is 0 Å². The Hall–Kier alpha value is -2.68. The van der Waals surface area contributed by atoms with E-state index in [1.165, 1.54) is 19.1 Å². The average molecular weight is 421 g/mol. The molecule has 2 N–H and O–H groups in total. The number of hydrogen-bond donors (Lipinski definition) is 2. The summed E-state index contributed by atoms with van der Waals surface area (Å²) in [6, 6.07) is 3.94. The minimum atomic E-state index is -1.02. The van der Waals surface area contributed by atoms with Crippen molar-refractivity contribution in [3.05, 3.63) is 33.9 Å². The van der Waals surface area contributed by atoms with Crippen LogP contribution in [-0.2, 0) is 14.3 Å². The highest BCUT2D eigenvalue weighted by atomic mass is 16.6. The van der Waals surface area contributed by atoms with E-state index in [9.17, 15) is 19.7 Å². The molecule has 0 radical (unpaired) electrons. The molecule has 1 aromatic rings. The SMILES string of the molecule is COCCNc1ccc([N+](=O)[O-])cc1C(=O)O[C@H](C)C(=O)N[C@H]1CCC[C@H](C)[C@H]1C. The molecule has 9 nitrogen and oxygen atoms in total. The fourth-order valence-corrected chi connectivity index (χ4v) is 3.62. The minimum Gasteiger partial charge on any atom is -0.449 e. The standard InChI is InChI=1S/C21H31N3O6/c1-13-6-5-7-18(14(13)2)23-20(25)15(3)30-21(26)17-12-16(24(27)28)8-9-19(17)22-10-11-29-4/h8-9,12-15,18,22H,5-7,10-11H2,1-4H3,(H,23,25)/t13-,14+,15+,18-/m0/s1. The van der Waals surface area contributed by atoms with Gasteiger partial charge in [0.05, 0.1) is 17.1 Å². The number of amides is 1. The molecule has 0 spiro atoms. The van der Waals surface area contributed by atoms with Crippen LogP contribution >= 0.6 is 0 Å². The number of esters is 1. The molecule has 4 atom stereocenters. The summed E-state index contributed by atoms with van der Waals surface area (Å²) in [7, 11) is 1.54. The zero-order chi connectivity index (χ0) is 22.3. The number of anilines is 1. The molecule has 0 unspecified atom stereocenters. The van der Waals surface area contributed by atoms with Gasteiger partial charge in [-0.2, -0.15) is 0 Å². The van der Waals surface area contributed by atoms with Crippen molar-refractivity contribution in [2.45, 2.75) is 52.2 Å². The fraction of sp³-hybridized carbons (Fsp3) is 0.619. The van der Waals surface area contributed by atoms with E-state index in [2.05, 4.69) is 24.5 Å². The quantitative estimate of drug-likeness (QED) is 0.272. The highest BCUT2D eigenvalue weighted by Gasteiger charge is 2.30. The molecule has 1 aliphatic carbocycles. The van der Waals surface area contributed by atoms with Crippen LogP contribution in [0.25, 0.3) is 0 Å². The largest absolute Gasteiger partial charge is 0.449 e. The number of ether oxygens (including phenoxy) is 2. The molecule has 1 aromatic carbocycles. The number of carbonyl (C=O) groups excluding carboxylic acids is 2. The van der Waals surface area contributed by atoms with E-state index in [0.717, 1.165) is 25.3 Å². The summed E-state index contributed by atoms with van der Waals surface area (Å²) in [6.07, 6.45) is 2.07. The third kappa shape index (κ3) is 6.16. The predicted octanol–water partition coefficient (Wildman–Crippen LogP) is 3.14. The Morgan fingerprint density at radius 1 is 1.30 bits per heavy atom. The first-order valence-electron chi connectivity index (χ1n) is 10.3. The van der Waals surface area contributed by atoms with Crippen molar-refractivity contribution >= 4 is 23.3 Å². The van der Waals surface area contributed by atoms with Crippen LogP contribution in [0.2, 0.25) is 0 Å².